The van der Waals surface area contributed by atoms with E-state index in [0.717, 1.165) is 64.2 Å². The first-order valence-corrected chi connectivity index (χ1v) is 21.8. The van der Waals surface area contributed by atoms with Gasteiger partial charge in [-0.25, -0.2) is 0 Å². The van der Waals surface area contributed by atoms with Crippen LogP contribution in [-0.4, -0.2) is 36.4 Å². The van der Waals surface area contributed by atoms with Crippen molar-refractivity contribution in [3.63, 3.8) is 0 Å². The van der Waals surface area contributed by atoms with Crippen LogP contribution in [0.4, 0.5) is 0 Å². The van der Waals surface area contributed by atoms with Crippen LogP contribution in [0.25, 0.3) is 0 Å². The van der Waals surface area contributed by atoms with Crippen molar-refractivity contribution in [3.8, 4) is 0 Å². The number of hydrogen-bond acceptors (Lipinski definition) is 5. The van der Waals surface area contributed by atoms with Crippen molar-refractivity contribution in [2.24, 2.45) is 0 Å². The second kappa shape index (κ2) is 43.0. The summed E-state index contributed by atoms with van der Waals surface area (Å²) in [5, 5.41) is 9.58. The molecule has 300 valence electrons. The van der Waals surface area contributed by atoms with E-state index in [0.29, 0.717) is 12.8 Å². The number of aliphatic hydroxyl groups excluding tert-OH is 1. The Morgan fingerprint density at radius 3 is 1.19 bits per heavy atom. The van der Waals surface area contributed by atoms with Crippen LogP contribution < -0.4 is 0 Å². The van der Waals surface area contributed by atoms with Crippen LogP contribution in [-0.2, 0) is 19.1 Å². The average Bonchev–Trinajstić information content (AvgIpc) is 3.15. The largest absolute Gasteiger partial charge is 0.462 e. The molecule has 0 spiro atoms. The molecule has 0 amide bonds. The van der Waals surface area contributed by atoms with Crippen molar-refractivity contribution in [2.75, 3.05) is 13.2 Å². The fourth-order valence-corrected chi connectivity index (χ4v) is 5.94. The molecular weight excluding hydrogens is 645 g/mol. The Labute approximate surface area is 321 Å². The van der Waals surface area contributed by atoms with Crippen LogP contribution in [0.15, 0.2) is 60.8 Å². The molecule has 0 saturated heterocycles. The molecule has 1 N–H and O–H groups in total. The molecule has 0 aromatic heterocycles. The number of unbranched alkanes of at least 4 members (excludes halogenated alkanes) is 21. The number of aliphatic hydroxyl groups is 1. The molecule has 0 rings (SSSR count). The van der Waals surface area contributed by atoms with Gasteiger partial charge >= 0.3 is 11.9 Å². The number of carbonyl (C=O) groups excluding carboxylic acids is 2. The number of hydrogen-bond donors (Lipinski definition) is 1. The number of carbonyl (C=O) groups is 2. The summed E-state index contributed by atoms with van der Waals surface area (Å²) in [6.07, 6.45) is 55.7. The molecule has 1 unspecified atom stereocenters. The van der Waals surface area contributed by atoms with E-state index in [1.807, 2.05) is 0 Å². The van der Waals surface area contributed by atoms with Gasteiger partial charge in [0.2, 0.25) is 0 Å². The van der Waals surface area contributed by atoms with E-state index in [1.54, 1.807) is 0 Å². The summed E-state index contributed by atoms with van der Waals surface area (Å²) in [7, 11) is 0. The first kappa shape index (κ1) is 49.6. The third kappa shape index (κ3) is 40.4. The molecule has 0 aliphatic carbocycles. The maximum absolute atomic E-state index is 12.2. The molecule has 0 aliphatic heterocycles. The van der Waals surface area contributed by atoms with Gasteiger partial charge < -0.3 is 14.6 Å². The molecule has 5 heteroatoms. The highest BCUT2D eigenvalue weighted by Crippen LogP contribution is 2.13. The van der Waals surface area contributed by atoms with Gasteiger partial charge in [0.05, 0.1) is 6.61 Å². The van der Waals surface area contributed by atoms with Gasteiger partial charge in [0, 0.05) is 12.8 Å². The first-order chi connectivity index (χ1) is 25.6. The van der Waals surface area contributed by atoms with Gasteiger partial charge in [-0.2, -0.15) is 0 Å². The SMILES string of the molecule is CCCCC/C=C\C/C=C\CCCCCCCC(=O)OCC(CO)OC(=O)CCCCCCCCCC/C=C\C/C=C\C/C=C\CCCCCCC. The van der Waals surface area contributed by atoms with E-state index >= 15 is 0 Å². The molecule has 0 saturated carbocycles. The van der Waals surface area contributed by atoms with Gasteiger partial charge in [-0.3, -0.25) is 9.59 Å². The van der Waals surface area contributed by atoms with Crippen LogP contribution in [0.1, 0.15) is 206 Å². The maximum Gasteiger partial charge on any atom is 0.306 e. The smallest absolute Gasteiger partial charge is 0.306 e. The molecule has 0 aromatic carbocycles. The summed E-state index contributed by atoms with van der Waals surface area (Å²) in [5.74, 6) is -0.616. The molecule has 0 aliphatic rings. The lowest BCUT2D eigenvalue weighted by Crippen LogP contribution is -2.28. The number of allylic oxidation sites excluding steroid dienone is 10. The summed E-state index contributed by atoms with van der Waals surface area (Å²) in [6.45, 7) is 4.08. The van der Waals surface area contributed by atoms with Crippen molar-refractivity contribution in [1.29, 1.82) is 0 Å². The minimum absolute atomic E-state index is 0.0780. The molecule has 52 heavy (non-hydrogen) atoms. The first-order valence-electron chi connectivity index (χ1n) is 21.8. The minimum atomic E-state index is -0.783. The Bertz CT molecular complexity index is 915. The van der Waals surface area contributed by atoms with Gasteiger partial charge in [-0.1, -0.05) is 171 Å². The zero-order valence-corrected chi connectivity index (χ0v) is 34.1. The van der Waals surface area contributed by atoms with Crippen LogP contribution >= 0.6 is 0 Å². The molecule has 0 radical (unpaired) electrons. The number of ether oxygens (including phenoxy) is 2. The molecule has 5 nitrogen and oxygen atoms in total. The Morgan fingerprint density at radius 1 is 0.442 bits per heavy atom. The van der Waals surface area contributed by atoms with E-state index < -0.39 is 6.10 Å². The van der Waals surface area contributed by atoms with Crippen molar-refractivity contribution in [2.45, 2.75) is 213 Å². The van der Waals surface area contributed by atoms with Gasteiger partial charge in [0.15, 0.2) is 6.10 Å². The summed E-state index contributed by atoms with van der Waals surface area (Å²) >= 11 is 0. The standard InChI is InChI=1S/C47H82O5/c1-3-5-7-9-11-13-15-17-19-20-21-22-23-24-25-26-28-30-32-34-36-38-40-42-47(50)52-45(43-48)44-51-46(49)41-39-37-35-33-31-29-27-18-16-14-12-10-8-6-4-2/h12,14-15,17-18,20-21,23-24,27,45,48H,3-11,13,16,19,22,25-26,28-44H2,1-2H3/b14-12-,17-15-,21-20-,24-23-,27-18-. The molecule has 0 bridgehead atoms. The van der Waals surface area contributed by atoms with Crippen molar-refractivity contribution in [3.05, 3.63) is 60.8 Å². The summed E-state index contributed by atoms with van der Waals surface area (Å²) in [4.78, 5) is 24.3. The Morgan fingerprint density at radius 2 is 0.769 bits per heavy atom. The lowest BCUT2D eigenvalue weighted by Gasteiger charge is -2.15. The minimum Gasteiger partial charge on any atom is -0.462 e. The molecule has 0 aromatic rings. The van der Waals surface area contributed by atoms with Crippen LogP contribution in [0.5, 0.6) is 0 Å². The van der Waals surface area contributed by atoms with E-state index in [2.05, 4.69) is 74.6 Å². The van der Waals surface area contributed by atoms with Crippen LogP contribution in [0.2, 0.25) is 0 Å². The van der Waals surface area contributed by atoms with Crippen LogP contribution in [0.3, 0.4) is 0 Å². The summed E-state index contributed by atoms with van der Waals surface area (Å²) < 4.78 is 10.6. The predicted octanol–water partition coefficient (Wildman–Crippen LogP) is 14.0. The topological polar surface area (TPSA) is 72.8 Å². The van der Waals surface area contributed by atoms with Gasteiger partial charge in [-0.15, -0.1) is 0 Å². The summed E-state index contributed by atoms with van der Waals surface area (Å²) in [5.41, 5.74) is 0. The van der Waals surface area contributed by atoms with E-state index in [9.17, 15) is 14.7 Å². The highest BCUT2D eigenvalue weighted by atomic mass is 16.6. The van der Waals surface area contributed by atoms with Crippen LogP contribution in [0, 0.1) is 0 Å². The molecule has 1 atom stereocenters. The lowest BCUT2D eigenvalue weighted by atomic mass is 10.1. The van der Waals surface area contributed by atoms with E-state index in [4.69, 9.17) is 9.47 Å². The highest BCUT2D eigenvalue weighted by Gasteiger charge is 2.16. The van der Waals surface area contributed by atoms with E-state index in [-0.39, 0.29) is 25.2 Å². The van der Waals surface area contributed by atoms with Gasteiger partial charge in [-0.05, 0) is 83.5 Å². The van der Waals surface area contributed by atoms with Crippen molar-refractivity contribution in [1.82, 2.24) is 0 Å². The van der Waals surface area contributed by atoms with Gasteiger partial charge in [0.25, 0.3) is 0 Å². The van der Waals surface area contributed by atoms with Crippen molar-refractivity contribution < 1.29 is 24.2 Å². The van der Waals surface area contributed by atoms with E-state index in [1.165, 1.54) is 116 Å². The monoisotopic (exact) mass is 727 g/mol. The maximum atomic E-state index is 12.2. The number of rotatable bonds is 39. The third-order valence-corrected chi connectivity index (χ3v) is 9.28. The highest BCUT2D eigenvalue weighted by molar-refractivity contribution is 5.70. The Balaban J connectivity index is 3.58. The molecule has 0 heterocycles. The zero-order valence-electron chi connectivity index (χ0n) is 34.1. The summed E-state index contributed by atoms with van der Waals surface area (Å²) in [6, 6.07) is 0. The van der Waals surface area contributed by atoms with Gasteiger partial charge in [0.1, 0.15) is 6.61 Å². The second-order valence-electron chi connectivity index (χ2n) is 14.4. The fraction of sp³-hybridized carbons (Fsp3) is 0.745. The average molecular weight is 727 g/mol. The normalized spacial score (nSPS) is 12.8. The molecular formula is C47H82O5. The fourth-order valence-electron chi connectivity index (χ4n) is 5.94. The lowest BCUT2D eigenvalue weighted by molar-refractivity contribution is -0.161. The van der Waals surface area contributed by atoms with Crippen molar-refractivity contribution >= 4 is 11.9 Å². The quantitative estimate of drug-likeness (QED) is 0.0388. The predicted molar refractivity (Wildman–Crippen MR) is 223 cm³/mol. The second-order valence-corrected chi connectivity index (χ2v) is 14.4. The third-order valence-electron chi connectivity index (χ3n) is 9.28. The zero-order chi connectivity index (χ0) is 37.8. The Kier molecular flexibility index (Phi) is 41.0. The molecule has 0 fully saturated rings. The number of esters is 2. The Hall–Kier alpha value is -2.40.